The molecule has 0 radical (unpaired) electrons. The number of hydrogen-bond donors (Lipinski definition) is 1. The molecule has 0 aliphatic rings. The van der Waals surface area contributed by atoms with Gasteiger partial charge in [0.2, 0.25) is 0 Å². The van der Waals surface area contributed by atoms with Crippen LogP contribution in [0.3, 0.4) is 0 Å². The summed E-state index contributed by atoms with van der Waals surface area (Å²) in [5.74, 6) is 0.771. The molecule has 1 rings (SSSR count). The van der Waals surface area contributed by atoms with Gasteiger partial charge in [0.15, 0.2) is 0 Å². The fourth-order valence-electron chi connectivity index (χ4n) is 1.69. The lowest BCUT2D eigenvalue weighted by atomic mass is 10.1. The predicted octanol–water partition coefficient (Wildman–Crippen LogP) is 2.47. The van der Waals surface area contributed by atoms with Gasteiger partial charge in [-0.05, 0) is 24.8 Å². The number of nitrogens with two attached hydrogens (primary N) is 1. The van der Waals surface area contributed by atoms with E-state index in [-0.39, 0.29) is 11.9 Å². The molecule has 0 heterocycles. The number of nitrogens with zero attached hydrogens (tertiary/aromatic N) is 1. The van der Waals surface area contributed by atoms with Gasteiger partial charge in [-0.3, -0.25) is 0 Å². The van der Waals surface area contributed by atoms with Gasteiger partial charge in [0, 0.05) is 25.4 Å². The Labute approximate surface area is 101 Å². The molecule has 4 heteroatoms. The van der Waals surface area contributed by atoms with Crippen molar-refractivity contribution in [2.75, 3.05) is 24.0 Å². The molecule has 0 saturated heterocycles. The van der Waals surface area contributed by atoms with Crippen molar-refractivity contribution in [3.05, 3.63) is 29.6 Å². The Morgan fingerprint density at radius 3 is 2.75 bits per heavy atom. The molecule has 1 unspecified atom stereocenters. The van der Waals surface area contributed by atoms with E-state index in [1.165, 1.54) is 6.07 Å². The van der Waals surface area contributed by atoms with Gasteiger partial charge in [-0.1, -0.05) is 12.1 Å². The van der Waals surface area contributed by atoms with Gasteiger partial charge in [-0.2, -0.15) is 11.8 Å². The first kappa shape index (κ1) is 13.3. The SMILES string of the molecule is CSCC(C)N(C)c1c(F)cccc1CN. The lowest BCUT2D eigenvalue weighted by Gasteiger charge is -2.28. The summed E-state index contributed by atoms with van der Waals surface area (Å²) < 4.78 is 13.8. The van der Waals surface area contributed by atoms with Crippen LogP contribution in [0.5, 0.6) is 0 Å². The predicted molar refractivity (Wildman–Crippen MR) is 70.5 cm³/mol. The highest BCUT2D eigenvalue weighted by Crippen LogP contribution is 2.25. The van der Waals surface area contributed by atoms with Gasteiger partial charge in [0.25, 0.3) is 0 Å². The highest BCUT2D eigenvalue weighted by atomic mass is 32.2. The molecule has 16 heavy (non-hydrogen) atoms. The maximum atomic E-state index is 13.8. The zero-order valence-corrected chi connectivity index (χ0v) is 10.9. The van der Waals surface area contributed by atoms with E-state index < -0.39 is 0 Å². The highest BCUT2D eigenvalue weighted by molar-refractivity contribution is 7.98. The molecule has 0 aromatic heterocycles. The molecule has 2 N–H and O–H groups in total. The summed E-state index contributed by atoms with van der Waals surface area (Å²) in [7, 11) is 1.92. The lowest BCUT2D eigenvalue weighted by Crippen LogP contribution is -2.32. The molecule has 0 fully saturated rings. The van der Waals surface area contributed by atoms with Crippen LogP contribution < -0.4 is 10.6 Å². The fraction of sp³-hybridized carbons (Fsp3) is 0.500. The minimum atomic E-state index is -0.196. The third-order valence-electron chi connectivity index (χ3n) is 2.71. The topological polar surface area (TPSA) is 29.3 Å². The van der Waals surface area contributed by atoms with Crippen molar-refractivity contribution in [3.8, 4) is 0 Å². The molecule has 0 aliphatic heterocycles. The maximum absolute atomic E-state index is 13.8. The molecule has 90 valence electrons. The van der Waals surface area contributed by atoms with Crippen LogP contribution in [-0.2, 0) is 6.54 Å². The average Bonchev–Trinajstić information content (AvgIpc) is 2.28. The van der Waals surface area contributed by atoms with Crippen molar-refractivity contribution in [1.29, 1.82) is 0 Å². The third-order valence-corrected chi connectivity index (χ3v) is 3.53. The monoisotopic (exact) mass is 242 g/mol. The zero-order chi connectivity index (χ0) is 12.1. The highest BCUT2D eigenvalue weighted by Gasteiger charge is 2.16. The van der Waals surface area contributed by atoms with Gasteiger partial charge in [0.1, 0.15) is 5.82 Å². The second kappa shape index (κ2) is 6.11. The maximum Gasteiger partial charge on any atom is 0.146 e. The van der Waals surface area contributed by atoms with Crippen LogP contribution in [0.25, 0.3) is 0 Å². The summed E-state index contributed by atoms with van der Waals surface area (Å²) in [5, 5.41) is 0. The van der Waals surface area contributed by atoms with E-state index >= 15 is 0 Å². The number of thioether (sulfide) groups is 1. The van der Waals surface area contributed by atoms with Crippen LogP contribution in [0.4, 0.5) is 10.1 Å². The molecule has 0 spiro atoms. The molecule has 1 aromatic carbocycles. The molecule has 0 saturated carbocycles. The van der Waals surface area contributed by atoms with Crippen LogP contribution in [0, 0.1) is 5.82 Å². The summed E-state index contributed by atoms with van der Waals surface area (Å²) in [5.41, 5.74) is 7.12. The van der Waals surface area contributed by atoms with Gasteiger partial charge in [-0.25, -0.2) is 4.39 Å². The van der Waals surface area contributed by atoms with E-state index in [9.17, 15) is 4.39 Å². The summed E-state index contributed by atoms with van der Waals surface area (Å²) in [6, 6.07) is 5.35. The van der Waals surface area contributed by atoms with Crippen molar-refractivity contribution >= 4 is 17.4 Å². The Morgan fingerprint density at radius 2 is 2.19 bits per heavy atom. The second-order valence-electron chi connectivity index (χ2n) is 3.87. The fourth-order valence-corrected chi connectivity index (χ4v) is 2.40. The Balaban J connectivity index is 3.01. The first-order valence-electron chi connectivity index (χ1n) is 5.31. The standard InChI is InChI=1S/C12H19FN2S/c1-9(8-16-3)15(2)12-10(7-14)5-4-6-11(12)13/h4-6,9H,7-8,14H2,1-3H3. The van der Waals surface area contributed by atoms with Crippen LogP contribution in [0.15, 0.2) is 18.2 Å². The number of rotatable bonds is 5. The normalized spacial score (nSPS) is 12.6. The average molecular weight is 242 g/mol. The molecule has 1 atom stereocenters. The quantitative estimate of drug-likeness (QED) is 0.860. The largest absolute Gasteiger partial charge is 0.368 e. The van der Waals surface area contributed by atoms with E-state index in [1.807, 2.05) is 18.0 Å². The van der Waals surface area contributed by atoms with Crippen molar-refractivity contribution in [1.82, 2.24) is 0 Å². The summed E-state index contributed by atoms with van der Waals surface area (Å²) in [6.07, 6.45) is 2.05. The molecular weight excluding hydrogens is 223 g/mol. The van der Waals surface area contributed by atoms with Crippen LogP contribution >= 0.6 is 11.8 Å². The Morgan fingerprint density at radius 1 is 1.50 bits per heavy atom. The van der Waals surface area contributed by atoms with E-state index in [2.05, 4.69) is 13.2 Å². The van der Waals surface area contributed by atoms with Crippen molar-refractivity contribution in [2.24, 2.45) is 5.73 Å². The molecule has 0 aliphatic carbocycles. The first-order chi connectivity index (χ1) is 7.61. The minimum Gasteiger partial charge on any atom is -0.368 e. The number of benzene rings is 1. The zero-order valence-electron chi connectivity index (χ0n) is 10.0. The summed E-state index contributed by atoms with van der Waals surface area (Å²) >= 11 is 1.76. The van der Waals surface area contributed by atoms with Crippen molar-refractivity contribution in [2.45, 2.75) is 19.5 Å². The van der Waals surface area contributed by atoms with Gasteiger partial charge >= 0.3 is 0 Å². The smallest absolute Gasteiger partial charge is 0.146 e. The Kier molecular flexibility index (Phi) is 5.09. The van der Waals surface area contributed by atoms with Crippen LogP contribution in [0.1, 0.15) is 12.5 Å². The van der Waals surface area contributed by atoms with Gasteiger partial charge in [0.05, 0.1) is 5.69 Å². The molecule has 0 bridgehead atoms. The Bertz CT molecular complexity index is 344. The van der Waals surface area contributed by atoms with Crippen molar-refractivity contribution in [3.63, 3.8) is 0 Å². The van der Waals surface area contributed by atoms with E-state index in [0.29, 0.717) is 12.2 Å². The molecule has 0 amide bonds. The number of para-hydroxylation sites is 1. The third kappa shape index (κ3) is 2.89. The van der Waals surface area contributed by atoms with E-state index in [0.717, 1.165) is 11.3 Å². The molecular formula is C12H19FN2S. The molecule has 2 nitrogen and oxygen atoms in total. The van der Waals surface area contributed by atoms with Gasteiger partial charge in [-0.15, -0.1) is 0 Å². The summed E-state index contributed by atoms with van der Waals surface area (Å²) in [4.78, 5) is 1.97. The minimum absolute atomic E-state index is 0.196. The van der Waals surface area contributed by atoms with E-state index in [1.54, 1.807) is 17.8 Å². The first-order valence-corrected chi connectivity index (χ1v) is 6.70. The van der Waals surface area contributed by atoms with Crippen LogP contribution in [-0.4, -0.2) is 25.1 Å². The second-order valence-corrected chi connectivity index (χ2v) is 4.78. The number of halogens is 1. The summed E-state index contributed by atoms with van der Waals surface area (Å²) in [6.45, 7) is 2.45. The van der Waals surface area contributed by atoms with Crippen LogP contribution in [0.2, 0.25) is 0 Å². The van der Waals surface area contributed by atoms with Gasteiger partial charge < -0.3 is 10.6 Å². The lowest BCUT2D eigenvalue weighted by molar-refractivity contribution is 0.611. The molecule has 1 aromatic rings. The van der Waals surface area contributed by atoms with Crippen molar-refractivity contribution < 1.29 is 4.39 Å². The number of hydrogen-bond acceptors (Lipinski definition) is 3. The van der Waals surface area contributed by atoms with E-state index in [4.69, 9.17) is 5.73 Å². The number of anilines is 1. The Hall–Kier alpha value is -0.740.